The standard InChI is InChI=1S/C8H12N2O3/c9-6-3-10-2-1-5(6)8(13)7(12)4-11/h1-3,7-8,11-13H,4,9H2. The third kappa shape index (κ3) is 2.15. The third-order valence-corrected chi connectivity index (χ3v) is 1.76. The van der Waals surface area contributed by atoms with Gasteiger partial charge in [0.2, 0.25) is 0 Å². The summed E-state index contributed by atoms with van der Waals surface area (Å²) < 4.78 is 0. The number of hydrogen-bond acceptors (Lipinski definition) is 5. The number of aliphatic hydroxyl groups is 3. The van der Waals surface area contributed by atoms with Gasteiger partial charge >= 0.3 is 0 Å². The molecule has 0 amide bonds. The third-order valence-electron chi connectivity index (χ3n) is 1.76. The molecule has 0 saturated carbocycles. The number of aromatic nitrogens is 1. The van der Waals surface area contributed by atoms with Crippen molar-refractivity contribution in [2.75, 3.05) is 12.3 Å². The zero-order valence-electron chi connectivity index (χ0n) is 6.96. The van der Waals surface area contributed by atoms with E-state index in [0.717, 1.165) is 0 Å². The largest absolute Gasteiger partial charge is 0.397 e. The molecule has 0 radical (unpaired) electrons. The van der Waals surface area contributed by atoms with Crippen LogP contribution in [0.5, 0.6) is 0 Å². The SMILES string of the molecule is Nc1cnccc1C(O)C(O)CO. The topological polar surface area (TPSA) is 99.6 Å². The van der Waals surface area contributed by atoms with Gasteiger partial charge in [-0.2, -0.15) is 0 Å². The Morgan fingerprint density at radius 1 is 1.46 bits per heavy atom. The van der Waals surface area contributed by atoms with Crippen molar-refractivity contribution in [1.29, 1.82) is 0 Å². The van der Waals surface area contributed by atoms with E-state index in [0.29, 0.717) is 11.3 Å². The first kappa shape index (κ1) is 9.91. The van der Waals surface area contributed by atoms with Crippen LogP contribution in [0.15, 0.2) is 18.5 Å². The van der Waals surface area contributed by atoms with E-state index in [1.165, 1.54) is 18.5 Å². The monoisotopic (exact) mass is 184 g/mol. The lowest BCUT2D eigenvalue weighted by Crippen LogP contribution is -2.22. The van der Waals surface area contributed by atoms with Crippen LogP contribution in [0.2, 0.25) is 0 Å². The van der Waals surface area contributed by atoms with E-state index in [4.69, 9.17) is 15.9 Å². The summed E-state index contributed by atoms with van der Waals surface area (Å²) in [7, 11) is 0. The van der Waals surface area contributed by atoms with Gasteiger partial charge in [-0.25, -0.2) is 0 Å². The summed E-state index contributed by atoms with van der Waals surface area (Å²) in [6.45, 7) is -0.511. The van der Waals surface area contributed by atoms with Crippen LogP contribution < -0.4 is 5.73 Å². The van der Waals surface area contributed by atoms with Crippen LogP contribution >= 0.6 is 0 Å². The molecule has 0 saturated heterocycles. The number of pyridine rings is 1. The normalized spacial score (nSPS) is 15.3. The molecule has 0 fully saturated rings. The number of nitrogens with zero attached hydrogens (tertiary/aromatic N) is 1. The average Bonchev–Trinajstić information content (AvgIpc) is 2.16. The lowest BCUT2D eigenvalue weighted by atomic mass is 10.1. The van der Waals surface area contributed by atoms with Crippen molar-refractivity contribution in [3.63, 3.8) is 0 Å². The molecule has 0 aliphatic heterocycles. The van der Waals surface area contributed by atoms with Crippen LogP contribution in [0.4, 0.5) is 5.69 Å². The van der Waals surface area contributed by atoms with Crippen molar-refractivity contribution in [2.24, 2.45) is 0 Å². The summed E-state index contributed by atoms with van der Waals surface area (Å²) in [6.07, 6.45) is 0.444. The highest BCUT2D eigenvalue weighted by Crippen LogP contribution is 2.21. The first-order valence-electron chi connectivity index (χ1n) is 3.83. The average molecular weight is 184 g/mol. The highest BCUT2D eigenvalue weighted by molar-refractivity contribution is 5.45. The Kier molecular flexibility index (Phi) is 3.18. The molecule has 13 heavy (non-hydrogen) atoms. The minimum Gasteiger partial charge on any atom is -0.397 e. The Bertz CT molecular complexity index is 280. The Morgan fingerprint density at radius 2 is 2.15 bits per heavy atom. The highest BCUT2D eigenvalue weighted by Gasteiger charge is 2.19. The molecule has 5 N–H and O–H groups in total. The predicted octanol–water partition coefficient (Wildman–Crippen LogP) is -0.950. The summed E-state index contributed by atoms with van der Waals surface area (Å²) in [6, 6.07) is 1.50. The molecule has 0 aliphatic carbocycles. The fourth-order valence-corrected chi connectivity index (χ4v) is 0.994. The zero-order valence-corrected chi connectivity index (χ0v) is 6.96. The minimum absolute atomic E-state index is 0.294. The van der Waals surface area contributed by atoms with Gasteiger partial charge in [0.1, 0.15) is 12.2 Å². The maximum Gasteiger partial charge on any atom is 0.109 e. The summed E-state index contributed by atoms with van der Waals surface area (Å²) in [4.78, 5) is 3.73. The fourth-order valence-electron chi connectivity index (χ4n) is 0.994. The Hall–Kier alpha value is -1.17. The number of nitrogens with two attached hydrogens (primary N) is 1. The molecule has 0 aromatic carbocycles. The first-order valence-corrected chi connectivity index (χ1v) is 3.83. The maximum atomic E-state index is 9.45. The molecule has 1 aromatic heterocycles. The van der Waals surface area contributed by atoms with Crippen LogP contribution in [0.25, 0.3) is 0 Å². The highest BCUT2D eigenvalue weighted by atomic mass is 16.4. The van der Waals surface area contributed by atoms with Gasteiger partial charge in [0.15, 0.2) is 0 Å². The lowest BCUT2D eigenvalue weighted by molar-refractivity contribution is -0.0149. The van der Waals surface area contributed by atoms with E-state index in [-0.39, 0.29) is 0 Å². The molecule has 5 heteroatoms. The zero-order chi connectivity index (χ0) is 9.84. The molecule has 5 nitrogen and oxygen atoms in total. The van der Waals surface area contributed by atoms with Crippen LogP contribution in [-0.2, 0) is 0 Å². The van der Waals surface area contributed by atoms with Gasteiger partial charge in [-0.05, 0) is 6.07 Å². The second kappa shape index (κ2) is 4.18. The van der Waals surface area contributed by atoms with Gasteiger partial charge < -0.3 is 21.1 Å². The maximum absolute atomic E-state index is 9.45. The summed E-state index contributed by atoms with van der Waals surface area (Å²) in [5, 5.41) is 27.2. The van der Waals surface area contributed by atoms with E-state index < -0.39 is 18.8 Å². The molecular weight excluding hydrogens is 172 g/mol. The second-order valence-electron chi connectivity index (χ2n) is 2.70. The van der Waals surface area contributed by atoms with Crippen molar-refractivity contribution >= 4 is 5.69 Å². The van der Waals surface area contributed by atoms with Gasteiger partial charge in [0.05, 0.1) is 18.5 Å². The number of rotatable bonds is 3. The molecule has 1 rings (SSSR count). The Morgan fingerprint density at radius 3 is 2.69 bits per heavy atom. The van der Waals surface area contributed by atoms with Gasteiger partial charge in [-0.1, -0.05) is 0 Å². The lowest BCUT2D eigenvalue weighted by Gasteiger charge is -2.16. The van der Waals surface area contributed by atoms with E-state index in [2.05, 4.69) is 4.98 Å². The summed E-state index contributed by atoms with van der Waals surface area (Å²) >= 11 is 0. The molecule has 1 aromatic rings. The number of hydrogen-bond donors (Lipinski definition) is 4. The Balaban J connectivity index is 2.88. The quantitative estimate of drug-likeness (QED) is 0.485. The molecule has 0 aliphatic rings. The van der Waals surface area contributed by atoms with E-state index in [1.807, 2.05) is 0 Å². The first-order chi connectivity index (χ1) is 6.16. The van der Waals surface area contributed by atoms with Crippen molar-refractivity contribution in [3.8, 4) is 0 Å². The van der Waals surface area contributed by atoms with E-state index in [1.54, 1.807) is 0 Å². The van der Waals surface area contributed by atoms with Crippen LogP contribution in [0, 0.1) is 0 Å². The van der Waals surface area contributed by atoms with Crippen molar-refractivity contribution < 1.29 is 15.3 Å². The van der Waals surface area contributed by atoms with Crippen molar-refractivity contribution in [2.45, 2.75) is 12.2 Å². The van der Waals surface area contributed by atoms with Gasteiger partial charge in [-0.3, -0.25) is 4.98 Å². The summed E-state index contributed by atoms with van der Waals surface area (Å²) in [5.41, 5.74) is 6.16. The smallest absolute Gasteiger partial charge is 0.109 e. The van der Waals surface area contributed by atoms with Gasteiger partial charge in [-0.15, -0.1) is 0 Å². The number of nitrogen functional groups attached to an aromatic ring is 1. The minimum atomic E-state index is -1.22. The number of anilines is 1. The van der Waals surface area contributed by atoms with Gasteiger partial charge in [0, 0.05) is 11.8 Å². The van der Waals surface area contributed by atoms with Crippen molar-refractivity contribution in [1.82, 2.24) is 4.98 Å². The van der Waals surface area contributed by atoms with Crippen LogP contribution in [-0.4, -0.2) is 33.0 Å². The van der Waals surface area contributed by atoms with E-state index >= 15 is 0 Å². The Labute approximate surface area is 75.5 Å². The molecular formula is C8H12N2O3. The molecule has 2 atom stereocenters. The van der Waals surface area contributed by atoms with Crippen LogP contribution in [0.1, 0.15) is 11.7 Å². The number of aliphatic hydroxyl groups excluding tert-OH is 3. The summed E-state index contributed by atoms with van der Waals surface area (Å²) in [5.74, 6) is 0. The van der Waals surface area contributed by atoms with E-state index in [9.17, 15) is 5.11 Å². The predicted molar refractivity (Wildman–Crippen MR) is 46.7 cm³/mol. The van der Waals surface area contributed by atoms with Crippen molar-refractivity contribution in [3.05, 3.63) is 24.0 Å². The molecule has 0 bridgehead atoms. The molecule has 0 spiro atoms. The van der Waals surface area contributed by atoms with Gasteiger partial charge in [0.25, 0.3) is 0 Å². The van der Waals surface area contributed by atoms with Crippen LogP contribution in [0.3, 0.4) is 0 Å². The molecule has 72 valence electrons. The second-order valence-corrected chi connectivity index (χ2v) is 2.70. The molecule has 1 heterocycles. The fraction of sp³-hybridized carbons (Fsp3) is 0.375. The molecule has 2 unspecified atom stereocenters.